The SMILES string of the molecule is CCC(C)C(CC(C)(C)C)(C(=O)OC12CC3CC(CC(O)(C3)C1)C2)C(F)(F)F. The molecule has 0 aromatic carbocycles. The van der Waals surface area contributed by atoms with Crippen molar-refractivity contribution in [3.05, 3.63) is 0 Å². The Balaban J connectivity index is 1.96. The van der Waals surface area contributed by atoms with Gasteiger partial charge >= 0.3 is 12.1 Å². The summed E-state index contributed by atoms with van der Waals surface area (Å²) in [6, 6.07) is 0. The molecule has 0 amide bonds. The Labute approximate surface area is 166 Å². The minimum Gasteiger partial charge on any atom is -0.458 e. The standard InChI is InChI=1S/C22H35F3O3/c1-6-14(2)21(22(23,24)25,12-18(3,4)5)17(26)28-20-10-15-7-16(11-20)9-19(27,8-15)13-20/h14-16,27H,6-13H2,1-5H3. The van der Waals surface area contributed by atoms with Crippen molar-refractivity contribution in [2.45, 2.75) is 103 Å². The summed E-state index contributed by atoms with van der Waals surface area (Å²) < 4.78 is 49.3. The van der Waals surface area contributed by atoms with E-state index >= 15 is 0 Å². The van der Waals surface area contributed by atoms with Crippen molar-refractivity contribution in [1.29, 1.82) is 0 Å². The first-order valence-electron chi connectivity index (χ1n) is 10.7. The Hall–Kier alpha value is -0.780. The molecule has 4 fully saturated rings. The molecule has 0 aromatic heterocycles. The van der Waals surface area contributed by atoms with Crippen molar-refractivity contribution < 1.29 is 27.8 Å². The van der Waals surface area contributed by atoms with Gasteiger partial charge in [0.2, 0.25) is 0 Å². The Kier molecular flexibility index (Phi) is 5.18. The summed E-state index contributed by atoms with van der Waals surface area (Å²) in [4.78, 5) is 13.4. The number of hydrogen-bond donors (Lipinski definition) is 1. The van der Waals surface area contributed by atoms with E-state index in [-0.39, 0.29) is 31.1 Å². The molecule has 4 unspecified atom stereocenters. The number of ether oxygens (including phenoxy) is 1. The largest absolute Gasteiger partial charge is 0.458 e. The van der Waals surface area contributed by atoms with Crippen LogP contribution in [0.4, 0.5) is 13.2 Å². The molecule has 0 radical (unpaired) electrons. The fraction of sp³-hybridized carbons (Fsp3) is 0.955. The van der Waals surface area contributed by atoms with Crippen LogP contribution in [0.1, 0.15) is 86.0 Å². The van der Waals surface area contributed by atoms with E-state index in [2.05, 4.69) is 0 Å². The second-order valence-corrected chi connectivity index (χ2v) is 11.3. The molecule has 1 N–H and O–H groups in total. The molecule has 3 nitrogen and oxygen atoms in total. The summed E-state index contributed by atoms with van der Waals surface area (Å²) in [6.45, 7) is 8.39. The van der Waals surface area contributed by atoms with E-state index in [4.69, 9.17) is 4.74 Å². The van der Waals surface area contributed by atoms with Crippen molar-refractivity contribution in [3.8, 4) is 0 Å². The van der Waals surface area contributed by atoms with Crippen molar-refractivity contribution >= 4 is 5.97 Å². The topological polar surface area (TPSA) is 46.5 Å². The molecule has 4 rings (SSSR count). The number of alkyl halides is 3. The third-order valence-corrected chi connectivity index (χ3v) is 7.42. The van der Waals surface area contributed by atoms with Gasteiger partial charge in [0.05, 0.1) is 5.60 Å². The minimum absolute atomic E-state index is 0.241. The first-order chi connectivity index (χ1) is 12.6. The fourth-order valence-electron chi connectivity index (χ4n) is 6.67. The van der Waals surface area contributed by atoms with Gasteiger partial charge in [-0.2, -0.15) is 13.2 Å². The first kappa shape index (κ1) is 21.9. The van der Waals surface area contributed by atoms with Crippen LogP contribution in [0, 0.1) is 28.6 Å². The normalized spacial score (nSPS) is 38.2. The fourth-order valence-corrected chi connectivity index (χ4v) is 6.67. The molecule has 0 spiro atoms. The predicted molar refractivity (Wildman–Crippen MR) is 100 cm³/mol. The zero-order chi connectivity index (χ0) is 21.2. The van der Waals surface area contributed by atoms with Crippen molar-refractivity contribution in [2.24, 2.45) is 28.6 Å². The lowest BCUT2D eigenvalue weighted by atomic mass is 9.52. The van der Waals surface area contributed by atoms with Crippen LogP contribution in [0.3, 0.4) is 0 Å². The molecular weight excluding hydrogens is 369 g/mol. The molecule has 0 aliphatic heterocycles. The predicted octanol–water partition coefficient (Wildman–Crippen LogP) is 5.64. The summed E-state index contributed by atoms with van der Waals surface area (Å²) in [5.41, 5.74) is -5.02. The lowest BCUT2D eigenvalue weighted by Crippen LogP contribution is -2.62. The second kappa shape index (κ2) is 6.61. The quantitative estimate of drug-likeness (QED) is 0.603. The van der Waals surface area contributed by atoms with Gasteiger partial charge in [-0.25, -0.2) is 0 Å². The highest BCUT2D eigenvalue weighted by molar-refractivity contribution is 5.79. The van der Waals surface area contributed by atoms with Crippen LogP contribution in [-0.2, 0) is 9.53 Å². The number of esters is 1. The maximum Gasteiger partial charge on any atom is 0.405 e. The van der Waals surface area contributed by atoms with Crippen molar-refractivity contribution in [1.82, 2.24) is 0 Å². The van der Waals surface area contributed by atoms with Gasteiger partial charge in [-0.15, -0.1) is 0 Å². The molecule has 4 bridgehead atoms. The molecule has 4 saturated carbocycles. The van der Waals surface area contributed by atoms with E-state index in [0.717, 1.165) is 6.42 Å². The monoisotopic (exact) mass is 404 g/mol. The summed E-state index contributed by atoms with van der Waals surface area (Å²) >= 11 is 0. The van der Waals surface area contributed by atoms with Crippen molar-refractivity contribution in [2.75, 3.05) is 0 Å². The molecular formula is C22H35F3O3. The van der Waals surface area contributed by atoms with E-state index < -0.39 is 40.1 Å². The minimum atomic E-state index is -4.69. The van der Waals surface area contributed by atoms with Gasteiger partial charge in [-0.3, -0.25) is 4.79 Å². The average molecular weight is 405 g/mol. The van der Waals surface area contributed by atoms with Crippen molar-refractivity contribution in [3.63, 3.8) is 0 Å². The van der Waals surface area contributed by atoms with Crippen LogP contribution in [0.15, 0.2) is 0 Å². The summed E-state index contributed by atoms with van der Waals surface area (Å²) in [7, 11) is 0. The van der Waals surface area contributed by atoms with E-state index in [0.29, 0.717) is 25.7 Å². The molecule has 6 heteroatoms. The van der Waals surface area contributed by atoms with Crippen LogP contribution in [0.5, 0.6) is 0 Å². The molecule has 4 aliphatic rings. The van der Waals surface area contributed by atoms with Gasteiger partial charge in [-0.1, -0.05) is 41.0 Å². The lowest BCUT2D eigenvalue weighted by molar-refractivity contribution is -0.274. The highest BCUT2D eigenvalue weighted by Crippen LogP contribution is 2.60. The zero-order valence-electron chi connectivity index (χ0n) is 17.8. The van der Waals surface area contributed by atoms with Gasteiger partial charge in [0.1, 0.15) is 5.60 Å². The average Bonchev–Trinajstić information content (AvgIpc) is 2.46. The molecule has 28 heavy (non-hydrogen) atoms. The molecule has 162 valence electrons. The molecule has 0 saturated heterocycles. The number of halogens is 3. The second-order valence-electron chi connectivity index (χ2n) is 11.3. The van der Waals surface area contributed by atoms with Gasteiger partial charge in [0.15, 0.2) is 5.41 Å². The summed E-state index contributed by atoms with van der Waals surface area (Å²) in [5, 5.41) is 10.9. The van der Waals surface area contributed by atoms with Crippen LogP contribution >= 0.6 is 0 Å². The number of aliphatic hydroxyl groups is 1. The van der Waals surface area contributed by atoms with E-state index in [1.807, 2.05) is 0 Å². The van der Waals surface area contributed by atoms with Crippen LogP contribution in [0.25, 0.3) is 0 Å². The van der Waals surface area contributed by atoms with Crippen LogP contribution in [0.2, 0.25) is 0 Å². The maximum atomic E-state index is 14.5. The summed E-state index contributed by atoms with van der Waals surface area (Å²) in [5.74, 6) is -1.53. The number of carbonyl (C=O) groups excluding carboxylic acids is 1. The number of rotatable bonds is 5. The lowest BCUT2D eigenvalue weighted by Gasteiger charge is -2.59. The number of carbonyl (C=O) groups is 1. The molecule has 0 heterocycles. The van der Waals surface area contributed by atoms with Crippen LogP contribution < -0.4 is 0 Å². The maximum absolute atomic E-state index is 14.5. The van der Waals surface area contributed by atoms with E-state index in [1.165, 1.54) is 6.92 Å². The highest BCUT2D eigenvalue weighted by atomic mass is 19.4. The smallest absolute Gasteiger partial charge is 0.405 e. The van der Waals surface area contributed by atoms with Gasteiger partial charge in [0, 0.05) is 6.42 Å². The zero-order valence-corrected chi connectivity index (χ0v) is 17.8. The van der Waals surface area contributed by atoms with Crippen LogP contribution in [-0.4, -0.2) is 28.5 Å². The van der Waals surface area contributed by atoms with Gasteiger partial charge in [0.25, 0.3) is 0 Å². The van der Waals surface area contributed by atoms with Gasteiger partial charge < -0.3 is 9.84 Å². The molecule has 0 aromatic rings. The number of hydrogen-bond acceptors (Lipinski definition) is 3. The Morgan fingerprint density at radius 3 is 2.07 bits per heavy atom. The van der Waals surface area contributed by atoms with E-state index in [9.17, 15) is 23.1 Å². The Morgan fingerprint density at radius 2 is 1.68 bits per heavy atom. The highest BCUT2D eigenvalue weighted by Gasteiger charge is 2.67. The van der Waals surface area contributed by atoms with Gasteiger partial charge in [-0.05, 0) is 61.7 Å². The Bertz CT molecular complexity index is 607. The van der Waals surface area contributed by atoms with E-state index in [1.54, 1.807) is 27.7 Å². The molecule has 4 atom stereocenters. The Morgan fingerprint density at radius 1 is 1.14 bits per heavy atom. The third-order valence-electron chi connectivity index (χ3n) is 7.42. The third kappa shape index (κ3) is 3.70. The first-order valence-corrected chi connectivity index (χ1v) is 10.7. The summed E-state index contributed by atoms with van der Waals surface area (Å²) in [6.07, 6.45) is -0.949. The molecule has 4 aliphatic carbocycles.